The molecule has 4 N–H and O–H groups in total. The third kappa shape index (κ3) is 18.3. The minimum absolute atomic E-state index is 0. The van der Waals surface area contributed by atoms with Gasteiger partial charge in [0, 0.05) is 24.2 Å². The number of Topliss-reactive ketones (excluding diaryl/α,β-unsaturated/α-hetero) is 2. The minimum atomic E-state index is -1.05. The molecule has 19 heteroatoms. The molecule has 0 saturated carbocycles. The Morgan fingerprint density at radius 3 is 1.39 bits per heavy atom. The first-order valence-electron chi connectivity index (χ1n) is 20.8. The second-order valence-corrected chi connectivity index (χ2v) is 14.2. The molecular weight excluding hydrogens is 895 g/mol. The standard InChI is InChI=1S/C23H24N2O6.C15H17NO6.C8H9NO.CH3F.CH4.ClH/c1-30-22(28)19-12-18(21(27)24-13-20(26)17-10-6-3-7-11-17)14-25(19)23(29)31-15-16-8-4-2-5-9-16;1-21-14(19)12-7-11(13(17)18)8-16(12)15(20)22-9-10-5-3-2-4-6-10;9-6-8(10)7-4-2-1-3-5-7;1-2;;/h2-11,18-19H,12-15H2,1H3,(H,24,27);2-6,11-12H,7-9H2,1H3,(H,17,18);1-5H,6,9H2;1H3;1H4;1H/t18-,19-;11-,12-;;;;/m00..../s1/i;;;1D;;. The van der Waals surface area contributed by atoms with E-state index in [0.717, 1.165) is 16.0 Å². The van der Waals surface area contributed by atoms with Crippen LogP contribution in [0.4, 0.5) is 14.0 Å². The van der Waals surface area contributed by atoms with Gasteiger partial charge in [-0.25, -0.2) is 19.2 Å². The summed E-state index contributed by atoms with van der Waals surface area (Å²) >= 11 is 0. The number of halogens is 2. The fraction of sp³-hybridized carbons (Fsp3) is 0.333. The highest BCUT2D eigenvalue weighted by Crippen LogP contribution is 2.27. The number of likely N-dealkylation sites (tertiary alicyclic amines) is 2. The summed E-state index contributed by atoms with van der Waals surface area (Å²) in [5, 5.41) is 11.7. The van der Waals surface area contributed by atoms with Crippen LogP contribution in [0.2, 0.25) is 0 Å². The Kier molecular flexibility index (Phi) is 25.8. The van der Waals surface area contributed by atoms with Crippen LogP contribution < -0.4 is 11.1 Å². The van der Waals surface area contributed by atoms with Crippen LogP contribution in [0.25, 0.3) is 0 Å². The number of nitrogens with zero attached hydrogens (tertiary/aromatic N) is 2. The Morgan fingerprint density at radius 1 is 0.657 bits per heavy atom. The summed E-state index contributed by atoms with van der Waals surface area (Å²) in [5.74, 6) is -4.40. The number of alkyl halides is 1. The molecule has 6 rings (SSSR count). The fourth-order valence-electron chi connectivity index (χ4n) is 6.55. The first kappa shape index (κ1) is 56.0. The molecule has 0 aromatic heterocycles. The number of carbonyl (C=O) groups is 8. The van der Waals surface area contributed by atoms with Gasteiger partial charge in [-0.3, -0.25) is 33.4 Å². The quantitative estimate of drug-likeness (QED) is 0.0801. The number of carbonyl (C=O) groups excluding carboxylic acids is 7. The van der Waals surface area contributed by atoms with E-state index in [4.69, 9.17) is 26.4 Å². The highest BCUT2D eigenvalue weighted by atomic mass is 35.5. The predicted molar refractivity (Wildman–Crippen MR) is 247 cm³/mol. The van der Waals surface area contributed by atoms with Gasteiger partial charge in [0.05, 0.1) is 47.7 Å². The predicted octanol–water partition coefficient (Wildman–Crippen LogP) is 5.93. The molecule has 0 unspecified atom stereocenters. The molecule has 0 bridgehead atoms. The average molecular weight is 954 g/mol. The third-order valence-corrected chi connectivity index (χ3v) is 9.95. The van der Waals surface area contributed by atoms with Gasteiger partial charge in [0.1, 0.15) is 25.3 Å². The van der Waals surface area contributed by atoms with Crippen molar-refractivity contribution in [3.05, 3.63) is 144 Å². The Bertz CT molecular complexity index is 2200. The van der Waals surface area contributed by atoms with Gasteiger partial charge in [-0.05, 0) is 24.0 Å². The van der Waals surface area contributed by atoms with E-state index in [2.05, 4.69) is 10.1 Å². The number of nitrogens with two attached hydrogens (primary N) is 1. The van der Waals surface area contributed by atoms with Crippen molar-refractivity contribution in [1.82, 2.24) is 15.1 Å². The summed E-state index contributed by atoms with van der Waals surface area (Å²) in [6.45, 7) is -0.0412. The van der Waals surface area contributed by atoms with E-state index in [0.29, 0.717) is 11.1 Å². The molecule has 2 fully saturated rings. The molecule has 0 aliphatic carbocycles. The van der Waals surface area contributed by atoms with Crippen molar-refractivity contribution in [3.63, 3.8) is 0 Å². The van der Waals surface area contributed by atoms with Crippen LogP contribution in [0, 0.1) is 11.8 Å². The van der Waals surface area contributed by atoms with Gasteiger partial charge in [-0.1, -0.05) is 129 Å². The van der Waals surface area contributed by atoms with E-state index in [1.54, 1.807) is 54.6 Å². The van der Waals surface area contributed by atoms with E-state index < -0.39 is 67.1 Å². The number of aliphatic carboxylic acids is 1. The molecule has 2 aliphatic heterocycles. The van der Waals surface area contributed by atoms with Crippen molar-refractivity contribution in [1.29, 1.82) is 0 Å². The largest absolute Gasteiger partial charge is 0.481 e. The number of hydrogen-bond donors (Lipinski definition) is 3. The van der Waals surface area contributed by atoms with Crippen LogP contribution in [0.3, 0.4) is 0 Å². The lowest BCUT2D eigenvalue weighted by Gasteiger charge is -2.21. The van der Waals surface area contributed by atoms with E-state index in [-0.39, 0.29) is 83.6 Å². The SMILES string of the molecule is C.COC(=O)[C@@H]1C[C@H](C(=O)NCC(=O)c2ccccc2)CN1C(=O)OCc1ccccc1.COC(=O)[C@@H]1C[C@H](C(=O)O)CN1C(=O)OCc1ccccc1.Cl.NCC(=O)c1ccccc1.[2H]CF. The van der Waals surface area contributed by atoms with Gasteiger partial charge < -0.3 is 35.1 Å². The van der Waals surface area contributed by atoms with Crippen molar-refractivity contribution in [3.8, 4) is 0 Å². The highest BCUT2D eigenvalue weighted by molar-refractivity contribution is 6.00. The number of rotatable bonds is 13. The Morgan fingerprint density at radius 2 is 1.01 bits per heavy atom. The van der Waals surface area contributed by atoms with Gasteiger partial charge >= 0.3 is 30.1 Å². The van der Waals surface area contributed by atoms with Crippen LogP contribution >= 0.6 is 12.4 Å². The molecule has 362 valence electrons. The van der Waals surface area contributed by atoms with Crippen LogP contribution in [-0.2, 0) is 51.3 Å². The summed E-state index contributed by atoms with van der Waals surface area (Å²) in [6.07, 6.45) is -1.29. The van der Waals surface area contributed by atoms with Crippen molar-refractivity contribution in [2.45, 2.75) is 45.6 Å². The molecule has 4 aromatic rings. The maximum Gasteiger partial charge on any atom is 0.410 e. The smallest absolute Gasteiger partial charge is 0.410 e. The Balaban J connectivity index is 0.000000542. The molecule has 4 atom stereocenters. The van der Waals surface area contributed by atoms with Gasteiger partial charge in [0.15, 0.2) is 11.6 Å². The van der Waals surface area contributed by atoms with E-state index in [9.17, 15) is 42.7 Å². The van der Waals surface area contributed by atoms with E-state index in [1.807, 2.05) is 66.7 Å². The van der Waals surface area contributed by atoms with Gasteiger partial charge in [0.2, 0.25) is 5.91 Å². The number of carboxylic acid groups (broad SMARTS) is 1. The number of ketones is 2. The lowest BCUT2D eigenvalue weighted by atomic mass is 10.0. The Labute approximate surface area is 396 Å². The second-order valence-electron chi connectivity index (χ2n) is 14.2. The monoisotopic (exact) mass is 953 g/mol. The van der Waals surface area contributed by atoms with E-state index in [1.165, 1.54) is 19.1 Å². The van der Waals surface area contributed by atoms with Crippen molar-refractivity contribution in [2.24, 2.45) is 17.6 Å². The lowest BCUT2D eigenvalue weighted by molar-refractivity contribution is -0.146. The maximum absolute atomic E-state index is 12.6. The number of esters is 2. The Hall–Kier alpha value is -7.18. The number of benzene rings is 4. The zero-order chi connectivity index (χ0) is 48.4. The summed E-state index contributed by atoms with van der Waals surface area (Å²) in [6, 6.07) is 34.0. The van der Waals surface area contributed by atoms with Crippen LogP contribution in [0.15, 0.2) is 121 Å². The summed E-state index contributed by atoms with van der Waals surface area (Å²) < 4.78 is 35.4. The summed E-state index contributed by atoms with van der Waals surface area (Å²) in [5.41, 5.74) is 7.94. The number of ether oxygens (including phenoxy) is 4. The molecule has 3 amide bonds. The third-order valence-electron chi connectivity index (χ3n) is 9.95. The van der Waals surface area contributed by atoms with Crippen LogP contribution in [-0.4, -0.2) is 122 Å². The molecular formula is C48H58ClFN4O13. The van der Waals surface area contributed by atoms with Crippen molar-refractivity contribution >= 4 is 60.0 Å². The highest BCUT2D eigenvalue weighted by Gasteiger charge is 2.45. The molecule has 17 nitrogen and oxygen atoms in total. The molecule has 0 radical (unpaired) electrons. The second kappa shape index (κ2) is 30.9. The number of methoxy groups -OCH3 is 2. The van der Waals surface area contributed by atoms with E-state index >= 15 is 0 Å². The van der Waals surface area contributed by atoms with Gasteiger partial charge in [0.25, 0.3) is 0 Å². The normalized spacial score (nSPS) is 16.6. The molecule has 67 heavy (non-hydrogen) atoms. The number of amides is 3. The van der Waals surface area contributed by atoms with Crippen LogP contribution in [0.1, 0.15) is 53.5 Å². The first-order chi connectivity index (χ1) is 31.8. The van der Waals surface area contributed by atoms with Crippen molar-refractivity contribution < 1.29 is 68.2 Å². The number of carboxylic acids is 1. The number of nitrogens with one attached hydrogen (secondary N) is 1. The van der Waals surface area contributed by atoms with Gasteiger partial charge in [-0.2, -0.15) is 0 Å². The summed E-state index contributed by atoms with van der Waals surface area (Å²) in [4.78, 5) is 97.7. The van der Waals surface area contributed by atoms with Crippen LogP contribution in [0.5, 0.6) is 0 Å². The maximum atomic E-state index is 12.6. The van der Waals surface area contributed by atoms with Gasteiger partial charge in [-0.15, -0.1) is 12.4 Å². The molecule has 2 aliphatic rings. The summed E-state index contributed by atoms with van der Waals surface area (Å²) in [7, 11) is 1.42. The minimum Gasteiger partial charge on any atom is -0.481 e. The lowest BCUT2D eigenvalue weighted by Crippen LogP contribution is -2.41. The topological polar surface area (TPSA) is 238 Å². The zero-order valence-electron chi connectivity index (χ0n) is 37.3. The molecule has 4 aromatic carbocycles. The average Bonchev–Trinajstić information content (AvgIpc) is 4.02. The number of hydrogen-bond acceptors (Lipinski definition) is 13. The van der Waals surface area contributed by atoms with Crippen molar-refractivity contribution in [2.75, 3.05) is 47.6 Å². The zero-order valence-corrected chi connectivity index (χ0v) is 37.1. The molecule has 2 heterocycles. The fourth-order valence-corrected chi connectivity index (χ4v) is 6.55. The first-order valence-corrected chi connectivity index (χ1v) is 20.1. The molecule has 2 saturated heterocycles. The molecule has 0 spiro atoms.